The molecule has 0 aromatic carbocycles. The second kappa shape index (κ2) is 5.89. The summed E-state index contributed by atoms with van der Waals surface area (Å²) in [6.45, 7) is 5.86. The molecule has 3 rings (SSSR count). The third-order valence-electron chi connectivity index (χ3n) is 4.37. The number of nitrogens with zero attached hydrogens (tertiary/aromatic N) is 3. The number of carbonyl (C=O) groups excluding carboxylic acids is 1. The number of nitrogens with one attached hydrogen (secondary N) is 1. The fourth-order valence-corrected chi connectivity index (χ4v) is 3.42. The van der Waals surface area contributed by atoms with Crippen LogP contribution in [-0.2, 0) is 0 Å². The standard InChI is InChI=1S/C15H21ClN4O/c1-9(2)14-18-8-12(16)13(19-14)15(21)20-10-3-4-11(20)7-17-6-5-10/h8-11,17H,3-7H2,1-2H3. The van der Waals surface area contributed by atoms with E-state index in [1.54, 1.807) is 6.20 Å². The number of rotatable bonds is 2. The first-order valence-corrected chi connectivity index (χ1v) is 8.01. The second-order valence-corrected chi connectivity index (χ2v) is 6.58. The van der Waals surface area contributed by atoms with Crippen LogP contribution in [0.4, 0.5) is 0 Å². The first-order valence-electron chi connectivity index (χ1n) is 7.63. The van der Waals surface area contributed by atoms with Gasteiger partial charge in [-0.25, -0.2) is 9.97 Å². The Morgan fingerprint density at radius 2 is 2.14 bits per heavy atom. The van der Waals surface area contributed by atoms with Gasteiger partial charge in [-0.3, -0.25) is 4.79 Å². The van der Waals surface area contributed by atoms with Crippen molar-refractivity contribution in [2.24, 2.45) is 0 Å². The number of amides is 1. The Labute approximate surface area is 130 Å². The summed E-state index contributed by atoms with van der Waals surface area (Å²) < 4.78 is 0. The first kappa shape index (κ1) is 14.7. The first-order chi connectivity index (χ1) is 10.1. The minimum Gasteiger partial charge on any atom is -0.330 e. The fourth-order valence-electron chi connectivity index (χ4n) is 3.25. The molecular weight excluding hydrogens is 288 g/mol. The van der Waals surface area contributed by atoms with Crippen molar-refractivity contribution in [3.05, 3.63) is 22.7 Å². The summed E-state index contributed by atoms with van der Waals surface area (Å²) in [5.74, 6) is 0.805. The lowest BCUT2D eigenvalue weighted by Gasteiger charge is -2.28. The average molecular weight is 309 g/mol. The third kappa shape index (κ3) is 2.77. The molecule has 2 bridgehead atoms. The van der Waals surface area contributed by atoms with Crippen LogP contribution in [0.1, 0.15) is 55.3 Å². The Kier molecular flexibility index (Phi) is 4.13. The molecule has 1 aromatic heterocycles. The number of halogens is 1. The molecule has 2 fully saturated rings. The van der Waals surface area contributed by atoms with Crippen molar-refractivity contribution in [3.63, 3.8) is 0 Å². The normalized spacial score (nSPS) is 25.2. The highest BCUT2D eigenvalue weighted by Gasteiger charge is 2.39. The van der Waals surface area contributed by atoms with Crippen LogP contribution in [0.2, 0.25) is 5.02 Å². The Balaban J connectivity index is 1.93. The quantitative estimate of drug-likeness (QED) is 0.910. The highest BCUT2D eigenvalue weighted by Crippen LogP contribution is 2.30. The minimum absolute atomic E-state index is 0.0412. The summed E-state index contributed by atoms with van der Waals surface area (Å²) in [7, 11) is 0. The Hall–Kier alpha value is -1.20. The van der Waals surface area contributed by atoms with E-state index < -0.39 is 0 Å². The van der Waals surface area contributed by atoms with Crippen LogP contribution in [0.5, 0.6) is 0 Å². The largest absolute Gasteiger partial charge is 0.330 e. The maximum atomic E-state index is 12.9. The van der Waals surface area contributed by atoms with Gasteiger partial charge in [-0.1, -0.05) is 25.4 Å². The van der Waals surface area contributed by atoms with Gasteiger partial charge in [0.25, 0.3) is 5.91 Å². The number of carbonyl (C=O) groups is 1. The summed E-state index contributed by atoms with van der Waals surface area (Å²) in [5, 5.41) is 3.75. The molecule has 2 unspecified atom stereocenters. The van der Waals surface area contributed by atoms with Gasteiger partial charge in [0.15, 0.2) is 5.69 Å². The molecule has 1 N–H and O–H groups in total. The predicted octanol–water partition coefficient (Wildman–Crippen LogP) is 2.22. The van der Waals surface area contributed by atoms with Gasteiger partial charge in [-0.2, -0.15) is 0 Å². The molecule has 0 spiro atoms. The topological polar surface area (TPSA) is 58.1 Å². The van der Waals surface area contributed by atoms with Crippen LogP contribution >= 0.6 is 11.6 Å². The molecule has 2 aliphatic heterocycles. The fraction of sp³-hybridized carbons (Fsp3) is 0.667. The van der Waals surface area contributed by atoms with Crippen molar-refractivity contribution in [1.29, 1.82) is 0 Å². The lowest BCUT2D eigenvalue weighted by atomic mass is 10.1. The Morgan fingerprint density at radius 3 is 2.90 bits per heavy atom. The SMILES string of the molecule is CC(C)c1ncc(Cl)c(C(=O)N2C3CCNCC2CC3)n1. The van der Waals surface area contributed by atoms with Gasteiger partial charge in [-0.15, -0.1) is 0 Å². The van der Waals surface area contributed by atoms with Gasteiger partial charge in [0.1, 0.15) is 5.82 Å². The second-order valence-electron chi connectivity index (χ2n) is 6.17. The summed E-state index contributed by atoms with van der Waals surface area (Å²) in [6.07, 6.45) is 4.69. The highest BCUT2D eigenvalue weighted by molar-refractivity contribution is 6.33. The van der Waals surface area contributed by atoms with E-state index in [1.165, 1.54) is 0 Å². The van der Waals surface area contributed by atoms with Crippen molar-refractivity contribution in [1.82, 2.24) is 20.2 Å². The lowest BCUT2D eigenvalue weighted by molar-refractivity contribution is 0.0673. The number of hydrogen-bond donors (Lipinski definition) is 1. The molecule has 0 saturated carbocycles. The molecule has 6 heteroatoms. The van der Waals surface area contributed by atoms with Crippen molar-refractivity contribution in [2.45, 2.75) is 51.1 Å². The van der Waals surface area contributed by atoms with E-state index in [0.717, 1.165) is 32.4 Å². The molecule has 3 heterocycles. The van der Waals surface area contributed by atoms with E-state index >= 15 is 0 Å². The van der Waals surface area contributed by atoms with Gasteiger partial charge < -0.3 is 10.2 Å². The average Bonchev–Trinajstić information content (AvgIpc) is 2.71. The van der Waals surface area contributed by atoms with E-state index in [2.05, 4.69) is 15.3 Å². The zero-order valence-electron chi connectivity index (χ0n) is 12.5. The Morgan fingerprint density at radius 1 is 1.38 bits per heavy atom. The Bertz CT molecular complexity index is 534. The van der Waals surface area contributed by atoms with Crippen LogP contribution in [0.3, 0.4) is 0 Å². The predicted molar refractivity (Wildman–Crippen MR) is 81.6 cm³/mol. The maximum Gasteiger partial charge on any atom is 0.274 e. The minimum atomic E-state index is -0.0412. The van der Waals surface area contributed by atoms with E-state index in [-0.39, 0.29) is 17.9 Å². The molecule has 5 nitrogen and oxygen atoms in total. The van der Waals surface area contributed by atoms with Crippen molar-refractivity contribution in [2.75, 3.05) is 13.1 Å². The van der Waals surface area contributed by atoms with Crippen LogP contribution < -0.4 is 5.32 Å². The van der Waals surface area contributed by atoms with Crippen molar-refractivity contribution < 1.29 is 4.79 Å². The zero-order valence-corrected chi connectivity index (χ0v) is 13.2. The maximum absolute atomic E-state index is 12.9. The van der Waals surface area contributed by atoms with Gasteiger partial charge in [0.05, 0.1) is 11.2 Å². The van der Waals surface area contributed by atoms with Gasteiger partial charge in [0, 0.05) is 24.5 Å². The molecule has 21 heavy (non-hydrogen) atoms. The molecule has 2 atom stereocenters. The monoisotopic (exact) mass is 308 g/mol. The van der Waals surface area contributed by atoms with Gasteiger partial charge in [-0.05, 0) is 25.8 Å². The molecule has 114 valence electrons. The van der Waals surface area contributed by atoms with Crippen LogP contribution in [0, 0.1) is 0 Å². The van der Waals surface area contributed by atoms with Crippen molar-refractivity contribution in [3.8, 4) is 0 Å². The molecule has 1 aromatic rings. The summed E-state index contributed by atoms with van der Waals surface area (Å²) in [6, 6.07) is 0.574. The van der Waals surface area contributed by atoms with Crippen molar-refractivity contribution >= 4 is 17.5 Å². The van der Waals surface area contributed by atoms with E-state index in [9.17, 15) is 4.79 Å². The molecule has 0 aliphatic carbocycles. The van der Waals surface area contributed by atoms with Gasteiger partial charge >= 0.3 is 0 Å². The van der Waals surface area contributed by atoms with Crippen LogP contribution in [0.15, 0.2) is 6.20 Å². The van der Waals surface area contributed by atoms with E-state index in [1.807, 2.05) is 18.7 Å². The highest BCUT2D eigenvalue weighted by atomic mass is 35.5. The molecular formula is C15H21ClN4O. The lowest BCUT2D eigenvalue weighted by Crippen LogP contribution is -2.43. The smallest absolute Gasteiger partial charge is 0.274 e. The number of aromatic nitrogens is 2. The molecule has 0 radical (unpaired) electrons. The van der Waals surface area contributed by atoms with E-state index in [0.29, 0.717) is 22.6 Å². The molecule has 2 saturated heterocycles. The summed E-state index contributed by atoms with van der Waals surface area (Å²) in [4.78, 5) is 23.6. The third-order valence-corrected chi connectivity index (χ3v) is 4.65. The van der Waals surface area contributed by atoms with Crippen LogP contribution in [0.25, 0.3) is 0 Å². The van der Waals surface area contributed by atoms with Crippen LogP contribution in [-0.4, -0.2) is 45.9 Å². The zero-order chi connectivity index (χ0) is 15.0. The van der Waals surface area contributed by atoms with E-state index in [4.69, 9.17) is 11.6 Å². The molecule has 2 aliphatic rings. The molecule has 1 amide bonds. The number of hydrogen-bond acceptors (Lipinski definition) is 4. The van der Waals surface area contributed by atoms with Gasteiger partial charge in [0.2, 0.25) is 0 Å². The summed E-state index contributed by atoms with van der Waals surface area (Å²) in [5.41, 5.74) is 0.356. The number of fused-ring (bicyclic) bond motifs is 2. The summed E-state index contributed by atoms with van der Waals surface area (Å²) >= 11 is 6.18.